The molecule has 0 N–H and O–H groups in total. The number of rotatable bonds is 4. The molecule has 0 heterocycles. The number of benzene rings is 1. The van der Waals surface area contributed by atoms with Crippen molar-refractivity contribution in [1.82, 2.24) is 0 Å². The van der Waals surface area contributed by atoms with Crippen LogP contribution in [0, 0.1) is 0 Å². The first-order chi connectivity index (χ1) is 7.37. The smallest absolute Gasteiger partial charge is 0.406 e. The van der Waals surface area contributed by atoms with E-state index in [9.17, 15) is 13.2 Å². The number of aryl methyl sites for hydroxylation is 1. The summed E-state index contributed by atoms with van der Waals surface area (Å²) in [5.74, 6) is -0.188. The van der Waals surface area contributed by atoms with E-state index < -0.39 is 6.36 Å². The van der Waals surface area contributed by atoms with Crippen molar-refractivity contribution in [3.05, 3.63) is 29.8 Å². The summed E-state index contributed by atoms with van der Waals surface area (Å²) in [5, 5.41) is 0.00666. The van der Waals surface area contributed by atoms with Crippen LogP contribution in [0.25, 0.3) is 0 Å². The van der Waals surface area contributed by atoms with E-state index in [-0.39, 0.29) is 11.1 Å². The molecule has 0 aliphatic carbocycles. The third kappa shape index (κ3) is 5.26. The Kier molecular flexibility index (Phi) is 4.47. The van der Waals surface area contributed by atoms with Crippen LogP contribution in [0.3, 0.4) is 0 Å². The van der Waals surface area contributed by atoms with Crippen LogP contribution in [0.5, 0.6) is 5.75 Å². The number of ether oxygens (including phenoxy) is 1. The van der Waals surface area contributed by atoms with Crippen molar-refractivity contribution in [2.75, 3.05) is 0 Å². The van der Waals surface area contributed by atoms with E-state index in [1.165, 1.54) is 18.2 Å². The molecule has 1 unspecified atom stereocenters. The molecule has 1 aromatic carbocycles. The van der Waals surface area contributed by atoms with Crippen LogP contribution in [0.1, 0.15) is 18.9 Å². The van der Waals surface area contributed by atoms with Crippen LogP contribution in [0.15, 0.2) is 24.3 Å². The normalized spacial score (nSPS) is 13.6. The van der Waals surface area contributed by atoms with Crippen molar-refractivity contribution in [2.45, 2.75) is 31.5 Å². The minimum absolute atomic E-state index is 0.00666. The molecule has 1 rings (SSSR count). The van der Waals surface area contributed by atoms with Gasteiger partial charge in [0.2, 0.25) is 0 Å². The molecule has 90 valence electrons. The van der Waals surface area contributed by atoms with Crippen LogP contribution in [-0.2, 0) is 6.42 Å². The average molecular weight is 253 g/mol. The molecule has 5 heteroatoms. The lowest BCUT2D eigenvalue weighted by molar-refractivity contribution is -0.274. The molecule has 16 heavy (non-hydrogen) atoms. The molecule has 0 fully saturated rings. The first-order valence-electron chi connectivity index (χ1n) is 4.85. The second-order valence-electron chi connectivity index (χ2n) is 3.51. The van der Waals surface area contributed by atoms with Gasteiger partial charge < -0.3 is 4.74 Å². The van der Waals surface area contributed by atoms with Crippen molar-refractivity contribution in [3.63, 3.8) is 0 Å². The molecule has 0 aromatic heterocycles. The molecule has 0 saturated carbocycles. The van der Waals surface area contributed by atoms with Gasteiger partial charge in [-0.05, 0) is 37.5 Å². The van der Waals surface area contributed by atoms with E-state index >= 15 is 0 Å². The molecule has 0 saturated heterocycles. The van der Waals surface area contributed by atoms with Crippen molar-refractivity contribution >= 4 is 11.6 Å². The van der Waals surface area contributed by atoms with Gasteiger partial charge in [-0.2, -0.15) is 0 Å². The van der Waals surface area contributed by atoms with Crippen molar-refractivity contribution in [3.8, 4) is 5.75 Å². The van der Waals surface area contributed by atoms with Crippen LogP contribution >= 0.6 is 11.6 Å². The maximum Gasteiger partial charge on any atom is 0.573 e. The van der Waals surface area contributed by atoms with Gasteiger partial charge in [-0.15, -0.1) is 24.8 Å². The van der Waals surface area contributed by atoms with Gasteiger partial charge in [-0.1, -0.05) is 12.1 Å². The Hall–Kier alpha value is -0.900. The van der Waals surface area contributed by atoms with Crippen molar-refractivity contribution in [2.24, 2.45) is 0 Å². The summed E-state index contributed by atoms with van der Waals surface area (Å²) in [4.78, 5) is 0. The summed E-state index contributed by atoms with van der Waals surface area (Å²) in [5.41, 5.74) is 0.786. The van der Waals surface area contributed by atoms with Gasteiger partial charge in [0.05, 0.1) is 0 Å². The summed E-state index contributed by atoms with van der Waals surface area (Å²) >= 11 is 5.76. The lowest BCUT2D eigenvalue weighted by atomic mass is 10.1. The van der Waals surface area contributed by atoms with Gasteiger partial charge in [-0.3, -0.25) is 0 Å². The Morgan fingerprint density at radius 3 is 2.62 bits per heavy atom. The van der Waals surface area contributed by atoms with E-state index in [1.807, 2.05) is 6.92 Å². The third-order valence-corrected chi connectivity index (χ3v) is 2.18. The van der Waals surface area contributed by atoms with Gasteiger partial charge in [0, 0.05) is 5.38 Å². The Balaban J connectivity index is 2.64. The number of halogens is 4. The summed E-state index contributed by atoms with van der Waals surface area (Å²) in [6.07, 6.45) is -3.28. The number of hydrogen-bond donors (Lipinski definition) is 0. The minimum Gasteiger partial charge on any atom is -0.406 e. The summed E-state index contributed by atoms with van der Waals surface area (Å²) in [6.45, 7) is 1.84. The lowest BCUT2D eigenvalue weighted by Gasteiger charge is -2.10. The van der Waals surface area contributed by atoms with Gasteiger partial charge in [0.25, 0.3) is 0 Å². The summed E-state index contributed by atoms with van der Waals surface area (Å²) < 4.78 is 39.6. The molecule has 0 bridgehead atoms. The SMILES string of the molecule is CC(Cl)CCc1cccc(OC(F)(F)F)c1. The van der Waals surface area contributed by atoms with Crippen molar-refractivity contribution in [1.29, 1.82) is 0 Å². The first-order valence-corrected chi connectivity index (χ1v) is 5.29. The van der Waals surface area contributed by atoms with E-state index in [1.54, 1.807) is 6.07 Å². The lowest BCUT2D eigenvalue weighted by Crippen LogP contribution is -2.17. The quantitative estimate of drug-likeness (QED) is 0.732. The second-order valence-corrected chi connectivity index (χ2v) is 4.26. The predicted molar refractivity (Wildman–Crippen MR) is 56.8 cm³/mol. The topological polar surface area (TPSA) is 9.23 Å². The summed E-state index contributed by atoms with van der Waals surface area (Å²) in [6, 6.07) is 5.95. The maximum absolute atomic E-state index is 11.9. The zero-order valence-electron chi connectivity index (χ0n) is 8.72. The third-order valence-electron chi connectivity index (χ3n) is 1.96. The fourth-order valence-electron chi connectivity index (χ4n) is 1.26. The molecular weight excluding hydrogens is 241 g/mol. The van der Waals surface area contributed by atoms with E-state index in [2.05, 4.69) is 4.74 Å². The monoisotopic (exact) mass is 252 g/mol. The molecule has 0 aliphatic heterocycles. The predicted octanol–water partition coefficient (Wildman–Crippen LogP) is 4.15. The molecule has 0 aliphatic rings. The Morgan fingerprint density at radius 1 is 1.38 bits per heavy atom. The summed E-state index contributed by atoms with van der Waals surface area (Å²) in [7, 11) is 0. The Labute approximate surface area is 97.2 Å². The highest BCUT2D eigenvalue weighted by Gasteiger charge is 2.31. The maximum atomic E-state index is 11.9. The zero-order valence-corrected chi connectivity index (χ0v) is 9.48. The highest BCUT2D eigenvalue weighted by Crippen LogP contribution is 2.24. The Morgan fingerprint density at radius 2 is 2.06 bits per heavy atom. The van der Waals surface area contributed by atoms with E-state index in [4.69, 9.17) is 11.6 Å². The standard InChI is InChI=1S/C11H12ClF3O/c1-8(12)5-6-9-3-2-4-10(7-9)16-11(13,14)15/h2-4,7-8H,5-6H2,1H3. The van der Waals surface area contributed by atoms with Gasteiger partial charge in [0.1, 0.15) is 5.75 Å². The highest BCUT2D eigenvalue weighted by molar-refractivity contribution is 6.20. The second kappa shape index (κ2) is 5.43. The average Bonchev–Trinajstić information content (AvgIpc) is 2.12. The van der Waals surface area contributed by atoms with E-state index in [0.717, 1.165) is 12.0 Å². The zero-order chi connectivity index (χ0) is 12.2. The molecule has 0 amide bonds. The molecule has 1 nitrogen and oxygen atoms in total. The molecule has 1 aromatic rings. The van der Waals surface area contributed by atoms with Gasteiger partial charge in [0.15, 0.2) is 0 Å². The van der Waals surface area contributed by atoms with Crippen LogP contribution < -0.4 is 4.74 Å². The largest absolute Gasteiger partial charge is 0.573 e. The highest BCUT2D eigenvalue weighted by atomic mass is 35.5. The fourth-order valence-corrected chi connectivity index (χ4v) is 1.37. The van der Waals surface area contributed by atoms with Gasteiger partial charge in [-0.25, -0.2) is 0 Å². The number of hydrogen-bond acceptors (Lipinski definition) is 1. The van der Waals surface area contributed by atoms with Crippen LogP contribution in [-0.4, -0.2) is 11.7 Å². The molecule has 0 spiro atoms. The Bertz CT molecular complexity index is 336. The molecule has 0 radical (unpaired) electrons. The number of alkyl halides is 4. The van der Waals surface area contributed by atoms with Gasteiger partial charge >= 0.3 is 6.36 Å². The van der Waals surface area contributed by atoms with Crippen LogP contribution in [0.4, 0.5) is 13.2 Å². The minimum atomic E-state index is -4.64. The fraction of sp³-hybridized carbons (Fsp3) is 0.455. The van der Waals surface area contributed by atoms with Crippen molar-refractivity contribution < 1.29 is 17.9 Å². The molecule has 1 atom stereocenters. The van der Waals surface area contributed by atoms with Crippen LogP contribution in [0.2, 0.25) is 0 Å². The first kappa shape index (κ1) is 13.2. The van der Waals surface area contributed by atoms with E-state index in [0.29, 0.717) is 6.42 Å². The molecular formula is C11H12ClF3O.